The fourth-order valence-corrected chi connectivity index (χ4v) is 5.14. The summed E-state index contributed by atoms with van der Waals surface area (Å²) in [6, 6.07) is -1.67. The predicted molar refractivity (Wildman–Crippen MR) is 89.5 cm³/mol. The van der Waals surface area contributed by atoms with Gasteiger partial charge in [-0.1, -0.05) is 5.16 Å². The molecule has 1 saturated carbocycles. The molecule has 3 fully saturated rings. The maximum atomic E-state index is 12.2. The maximum Gasteiger partial charge on any atom is 1.00 e. The molecule has 2 saturated heterocycles. The van der Waals surface area contributed by atoms with Crippen molar-refractivity contribution in [3.63, 3.8) is 0 Å². The molecule has 2 heterocycles. The molecule has 0 radical (unpaired) electrons. The van der Waals surface area contributed by atoms with E-state index in [0.717, 1.165) is 31.4 Å². The third kappa shape index (κ3) is 4.47. The Morgan fingerprint density at radius 3 is 2.65 bits per heavy atom. The van der Waals surface area contributed by atoms with E-state index < -0.39 is 22.8 Å². The van der Waals surface area contributed by atoms with Gasteiger partial charge in [-0.15, -0.1) is 11.8 Å². The van der Waals surface area contributed by atoms with Crippen LogP contribution < -0.4 is 61.8 Å². The minimum absolute atomic E-state index is 0. The molecule has 138 valence electrons. The Labute approximate surface area is 199 Å². The third-order valence-corrected chi connectivity index (χ3v) is 6.35. The van der Waals surface area contributed by atoms with Gasteiger partial charge in [-0.05, 0) is 39.5 Å². The van der Waals surface area contributed by atoms with Crippen molar-refractivity contribution in [3.05, 3.63) is 0 Å². The number of fused-ring (bicyclic) bond motifs is 1. The number of rotatable bonds is 6. The molecule has 1 N–H and O–H groups in total. The fraction of sp³-hybridized carbons (Fsp3) is 0.750. The Bertz CT molecular complexity index is 619. The summed E-state index contributed by atoms with van der Waals surface area (Å²) in [6.07, 6.45) is 4.27. The summed E-state index contributed by atoms with van der Waals surface area (Å²) in [4.78, 5) is 42.0. The van der Waals surface area contributed by atoms with Crippen molar-refractivity contribution in [2.75, 3.05) is 6.61 Å². The molecule has 2 amide bonds. The topological polar surface area (TPSA) is 111 Å². The number of nitrogens with one attached hydrogen (secondary N) is 1. The first-order valence-electron chi connectivity index (χ1n) is 8.49. The van der Waals surface area contributed by atoms with E-state index in [1.165, 1.54) is 16.7 Å². The molecule has 0 aromatic carbocycles. The average molecular weight is 408 g/mol. The van der Waals surface area contributed by atoms with E-state index in [2.05, 4.69) is 10.5 Å². The Kier molecular flexibility index (Phi) is 7.60. The van der Waals surface area contributed by atoms with E-state index in [4.69, 9.17) is 4.84 Å². The first kappa shape index (κ1) is 22.2. The van der Waals surface area contributed by atoms with Crippen LogP contribution >= 0.6 is 11.8 Å². The van der Waals surface area contributed by atoms with Crippen LogP contribution in [0.3, 0.4) is 0 Å². The monoisotopic (exact) mass is 407 g/mol. The molecule has 3 aliphatic rings. The first-order valence-corrected chi connectivity index (χ1v) is 9.37. The second kappa shape index (κ2) is 8.91. The van der Waals surface area contributed by atoms with Crippen LogP contribution in [-0.4, -0.2) is 57.2 Å². The van der Waals surface area contributed by atoms with Crippen LogP contribution in [-0.2, 0) is 19.2 Å². The Hall–Kier alpha value is -0.134. The van der Waals surface area contributed by atoms with Gasteiger partial charge in [0.2, 0.25) is 11.8 Å². The molecule has 0 bridgehead atoms. The molecule has 2 aliphatic heterocycles. The van der Waals surface area contributed by atoms with Gasteiger partial charge < -0.3 is 25.0 Å². The second-order valence-electron chi connectivity index (χ2n) is 7.07. The number of amides is 2. The maximum absolute atomic E-state index is 12.2. The number of hydrogen-bond donors (Lipinski definition) is 1. The van der Waals surface area contributed by atoms with Crippen LogP contribution in [0.25, 0.3) is 0 Å². The molecule has 26 heavy (non-hydrogen) atoms. The molecule has 3 atom stereocenters. The summed E-state index contributed by atoms with van der Waals surface area (Å²) in [6.45, 7) is 3.68. The number of carboxylic acid groups (broad SMARTS) is 1. The number of carbonyl (C=O) groups excluding carboxylic acids is 3. The number of hydrogen-bond acceptors (Lipinski definition) is 7. The van der Waals surface area contributed by atoms with Gasteiger partial charge in [-0.25, -0.2) is 0 Å². The Morgan fingerprint density at radius 1 is 1.38 bits per heavy atom. The summed E-state index contributed by atoms with van der Waals surface area (Å²) >= 11 is 1.37. The molecular formula is C16H22KN3O5S. The quantitative estimate of drug-likeness (QED) is 0.213. The molecule has 0 aromatic heterocycles. The number of aliphatic carboxylic acids is 1. The van der Waals surface area contributed by atoms with Gasteiger partial charge in [0.15, 0.2) is 0 Å². The molecule has 1 aliphatic carbocycles. The van der Waals surface area contributed by atoms with Crippen LogP contribution in [0.15, 0.2) is 5.16 Å². The van der Waals surface area contributed by atoms with Crippen molar-refractivity contribution in [1.29, 1.82) is 0 Å². The predicted octanol–water partition coefficient (Wildman–Crippen LogP) is -3.38. The third-order valence-electron chi connectivity index (χ3n) is 4.78. The molecule has 0 spiro atoms. The van der Waals surface area contributed by atoms with Crippen molar-refractivity contribution in [1.82, 2.24) is 10.2 Å². The van der Waals surface area contributed by atoms with E-state index in [0.29, 0.717) is 0 Å². The van der Waals surface area contributed by atoms with Gasteiger partial charge in [0.05, 0.1) is 24.1 Å². The minimum Gasteiger partial charge on any atom is -0.548 e. The number of thioether (sulfide) groups is 1. The molecule has 0 aromatic rings. The van der Waals surface area contributed by atoms with E-state index in [-0.39, 0.29) is 81.6 Å². The normalized spacial score (nSPS) is 28.7. The smallest absolute Gasteiger partial charge is 0.548 e. The van der Waals surface area contributed by atoms with Crippen LogP contribution in [0.4, 0.5) is 0 Å². The Balaban J connectivity index is 0.00000243. The molecule has 8 nitrogen and oxygen atoms in total. The van der Waals surface area contributed by atoms with Crippen LogP contribution in [0.1, 0.15) is 46.0 Å². The van der Waals surface area contributed by atoms with Crippen molar-refractivity contribution < 1.29 is 75.7 Å². The van der Waals surface area contributed by atoms with E-state index in [1.807, 2.05) is 0 Å². The average Bonchev–Trinajstić information content (AvgIpc) is 3.13. The Morgan fingerprint density at radius 2 is 2.04 bits per heavy atom. The minimum atomic E-state index is -1.27. The van der Waals surface area contributed by atoms with Crippen LogP contribution in [0, 0.1) is 0 Å². The number of carbonyl (C=O) groups is 3. The van der Waals surface area contributed by atoms with E-state index in [9.17, 15) is 19.5 Å². The second-order valence-corrected chi connectivity index (χ2v) is 8.84. The fourth-order valence-electron chi connectivity index (χ4n) is 3.52. The number of β-lactam (4-membered cyclic amide) rings is 1. The van der Waals surface area contributed by atoms with Crippen molar-refractivity contribution in [3.8, 4) is 0 Å². The van der Waals surface area contributed by atoms with E-state index in [1.54, 1.807) is 13.8 Å². The number of carboxylic acids is 1. The van der Waals surface area contributed by atoms with Crippen LogP contribution in [0.2, 0.25) is 0 Å². The first-order chi connectivity index (χ1) is 11.8. The number of nitrogens with zero attached hydrogens (tertiary/aromatic N) is 2. The van der Waals surface area contributed by atoms with Gasteiger partial charge in [0.25, 0.3) is 0 Å². The van der Waals surface area contributed by atoms with Crippen molar-refractivity contribution in [2.45, 2.75) is 68.2 Å². The van der Waals surface area contributed by atoms with Gasteiger partial charge in [-0.3, -0.25) is 9.59 Å². The summed E-state index contributed by atoms with van der Waals surface area (Å²) in [5.41, 5.74) is 1.03. The molecule has 10 heteroatoms. The largest absolute Gasteiger partial charge is 1.00 e. The summed E-state index contributed by atoms with van der Waals surface area (Å²) in [7, 11) is 0. The van der Waals surface area contributed by atoms with Gasteiger partial charge in [0.1, 0.15) is 18.0 Å². The zero-order valence-corrected chi connectivity index (χ0v) is 19.3. The zero-order valence-electron chi connectivity index (χ0n) is 15.3. The molecular weight excluding hydrogens is 385 g/mol. The summed E-state index contributed by atoms with van der Waals surface area (Å²) in [5.74, 6) is -1.95. The van der Waals surface area contributed by atoms with Gasteiger partial charge in [0, 0.05) is 4.75 Å². The van der Waals surface area contributed by atoms with Crippen molar-refractivity contribution >= 4 is 35.3 Å². The van der Waals surface area contributed by atoms with E-state index >= 15 is 0 Å². The van der Waals surface area contributed by atoms with Crippen molar-refractivity contribution in [2.24, 2.45) is 5.16 Å². The SMILES string of the molecule is CC1(C)SC2C(NC(=O)CCON=C3CCCC3)C(=O)N2[C@H]1C(=O)[O-].[K+]. The van der Waals surface area contributed by atoms with Gasteiger partial charge >= 0.3 is 51.4 Å². The zero-order chi connectivity index (χ0) is 18.2. The van der Waals surface area contributed by atoms with Gasteiger partial charge in [-0.2, -0.15) is 0 Å². The van der Waals surface area contributed by atoms with Crippen LogP contribution in [0.5, 0.6) is 0 Å². The molecule has 3 rings (SSSR count). The summed E-state index contributed by atoms with van der Waals surface area (Å²) < 4.78 is -0.654. The summed E-state index contributed by atoms with van der Waals surface area (Å²) in [5, 5.41) is 17.6. The standard InChI is InChI=1S/C16H23N3O5S.K/c1-16(2)12(15(22)23)19-13(21)11(14(19)25-16)17-10(20)7-8-24-18-9-5-3-4-6-9;/h11-12,14H,3-8H2,1-2H3,(H,17,20)(H,22,23);/q;+1/p-1/t11?,12-,14?;/m0./s1. The molecule has 2 unspecified atom stereocenters. The number of oxime groups is 1.